The zero-order valence-corrected chi connectivity index (χ0v) is 18.3. The Kier molecular flexibility index (Phi) is 6.26. The van der Waals surface area contributed by atoms with Gasteiger partial charge in [-0.05, 0) is 70.2 Å². The number of hydrogen-bond donors (Lipinski definition) is 2. The van der Waals surface area contributed by atoms with Crippen molar-refractivity contribution >= 4 is 45.5 Å². The third kappa shape index (κ3) is 4.23. The lowest BCUT2D eigenvalue weighted by Crippen LogP contribution is -2.54. The topological polar surface area (TPSA) is 95.9 Å². The maximum Gasteiger partial charge on any atom is 0.335 e. The molecule has 1 saturated heterocycles. The van der Waals surface area contributed by atoms with Crippen LogP contribution in [-0.2, 0) is 9.59 Å². The Hall–Kier alpha value is -3.13. The third-order valence-electron chi connectivity index (χ3n) is 4.58. The van der Waals surface area contributed by atoms with E-state index < -0.39 is 17.8 Å². The number of imide groups is 2. The van der Waals surface area contributed by atoms with Gasteiger partial charge >= 0.3 is 6.03 Å². The number of nitrogens with one attached hydrogen (secondary N) is 1. The van der Waals surface area contributed by atoms with Gasteiger partial charge in [0.15, 0.2) is 11.5 Å². The number of aromatic hydroxyl groups is 1. The van der Waals surface area contributed by atoms with Crippen LogP contribution in [0.2, 0.25) is 0 Å². The molecule has 2 aromatic rings. The van der Waals surface area contributed by atoms with Crippen molar-refractivity contribution in [3.05, 3.63) is 57.6 Å². The second-order valence-corrected chi connectivity index (χ2v) is 7.84. The van der Waals surface area contributed by atoms with E-state index in [9.17, 15) is 19.5 Å². The molecule has 0 unspecified atom stereocenters. The number of nitrogens with zero attached hydrogens (tertiary/aromatic N) is 1. The van der Waals surface area contributed by atoms with Crippen molar-refractivity contribution in [3.8, 4) is 11.5 Å². The van der Waals surface area contributed by atoms with Crippen LogP contribution in [0.1, 0.15) is 37.8 Å². The van der Waals surface area contributed by atoms with Crippen molar-refractivity contribution in [3.63, 3.8) is 0 Å². The van der Waals surface area contributed by atoms with E-state index in [0.717, 1.165) is 10.5 Å². The van der Waals surface area contributed by atoms with E-state index in [4.69, 9.17) is 4.74 Å². The lowest BCUT2D eigenvalue weighted by molar-refractivity contribution is -0.122. The van der Waals surface area contributed by atoms with E-state index in [-0.39, 0.29) is 17.1 Å². The molecule has 0 spiro atoms. The smallest absolute Gasteiger partial charge is 0.335 e. The van der Waals surface area contributed by atoms with Gasteiger partial charge in [0, 0.05) is 0 Å². The maximum absolute atomic E-state index is 13.0. The fourth-order valence-corrected chi connectivity index (χ4v) is 3.47. The SMILES string of the molecule is CCOc1cc(/C=C2\C(=O)NC(=O)N(c3ccc(C(C)C)cc3)C2=O)cc(Br)c1O. The van der Waals surface area contributed by atoms with E-state index in [1.165, 1.54) is 12.1 Å². The zero-order valence-electron chi connectivity index (χ0n) is 16.7. The second-order valence-electron chi connectivity index (χ2n) is 6.99. The van der Waals surface area contributed by atoms with E-state index in [0.29, 0.717) is 28.2 Å². The van der Waals surface area contributed by atoms with Crippen LogP contribution in [0.4, 0.5) is 10.5 Å². The van der Waals surface area contributed by atoms with Gasteiger partial charge in [-0.25, -0.2) is 9.69 Å². The first kappa shape index (κ1) is 21.6. The molecule has 0 aromatic heterocycles. The largest absolute Gasteiger partial charge is 0.503 e. The number of rotatable bonds is 5. The number of halogens is 1. The van der Waals surface area contributed by atoms with Crippen molar-refractivity contribution in [2.45, 2.75) is 26.7 Å². The van der Waals surface area contributed by atoms with Crippen molar-refractivity contribution in [1.29, 1.82) is 0 Å². The highest BCUT2D eigenvalue weighted by Crippen LogP contribution is 2.36. The Balaban J connectivity index is 2.00. The lowest BCUT2D eigenvalue weighted by Gasteiger charge is -2.26. The van der Waals surface area contributed by atoms with Gasteiger partial charge in [-0.15, -0.1) is 0 Å². The molecule has 4 amide bonds. The fraction of sp³-hybridized carbons (Fsp3) is 0.227. The fourth-order valence-electron chi connectivity index (χ4n) is 3.01. The molecule has 7 nitrogen and oxygen atoms in total. The van der Waals surface area contributed by atoms with Gasteiger partial charge in [0.2, 0.25) is 0 Å². The molecular formula is C22H21BrN2O5. The molecule has 3 rings (SSSR count). The standard InChI is InChI=1S/C22H21BrN2O5/c1-4-30-18-11-13(10-17(23)19(18)26)9-16-20(27)24-22(29)25(21(16)28)15-7-5-14(6-8-15)12(2)3/h5-12,26H,4H2,1-3H3,(H,24,27,29)/b16-9+. The maximum atomic E-state index is 13.0. The molecule has 0 radical (unpaired) electrons. The molecule has 2 N–H and O–H groups in total. The predicted molar refractivity (Wildman–Crippen MR) is 117 cm³/mol. The predicted octanol–water partition coefficient (Wildman–Crippen LogP) is 4.34. The summed E-state index contributed by atoms with van der Waals surface area (Å²) < 4.78 is 5.73. The first-order valence-electron chi connectivity index (χ1n) is 9.39. The van der Waals surface area contributed by atoms with Crippen LogP contribution in [0.5, 0.6) is 11.5 Å². The molecule has 1 fully saturated rings. The second kappa shape index (κ2) is 8.71. The molecule has 8 heteroatoms. The summed E-state index contributed by atoms with van der Waals surface area (Å²) in [4.78, 5) is 38.7. The lowest BCUT2D eigenvalue weighted by atomic mass is 10.0. The van der Waals surface area contributed by atoms with Crippen LogP contribution < -0.4 is 15.0 Å². The summed E-state index contributed by atoms with van der Waals surface area (Å²) in [6.45, 7) is 6.18. The number of urea groups is 1. The number of barbiturate groups is 1. The molecule has 0 saturated carbocycles. The molecule has 1 aliphatic heterocycles. The minimum absolute atomic E-state index is 0.0829. The highest BCUT2D eigenvalue weighted by molar-refractivity contribution is 9.10. The van der Waals surface area contributed by atoms with Gasteiger partial charge < -0.3 is 9.84 Å². The van der Waals surface area contributed by atoms with E-state index in [2.05, 4.69) is 21.2 Å². The molecule has 30 heavy (non-hydrogen) atoms. The average molecular weight is 473 g/mol. The van der Waals surface area contributed by atoms with Crippen molar-refractivity contribution in [2.24, 2.45) is 0 Å². The number of benzene rings is 2. The number of phenolic OH excluding ortho intramolecular Hbond substituents is 1. The van der Waals surface area contributed by atoms with Gasteiger partial charge in [0.25, 0.3) is 11.8 Å². The Labute approximate surface area is 182 Å². The van der Waals surface area contributed by atoms with E-state index in [1.807, 2.05) is 26.0 Å². The molecule has 1 heterocycles. The number of carbonyl (C=O) groups is 3. The highest BCUT2D eigenvalue weighted by Gasteiger charge is 2.36. The number of hydrogen-bond acceptors (Lipinski definition) is 5. The minimum Gasteiger partial charge on any atom is -0.503 e. The zero-order chi connectivity index (χ0) is 22.0. The minimum atomic E-state index is -0.804. The van der Waals surface area contributed by atoms with Gasteiger partial charge in [0.1, 0.15) is 5.57 Å². The van der Waals surface area contributed by atoms with Gasteiger partial charge in [-0.1, -0.05) is 26.0 Å². The first-order chi connectivity index (χ1) is 14.2. The Bertz CT molecular complexity index is 1040. The molecule has 2 aromatic carbocycles. The van der Waals surface area contributed by atoms with Gasteiger partial charge in [-0.2, -0.15) is 0 Å². The molecule has 156 valence electrons. The van der Waals surface area contributed by atoms with Crippen molar-refractivity contribution in [1.82, 2.24) is 5.32 Å². The number of anilines is 1. The van der Waals surface area contributed by atoms with E-state index in [1.54, 1.807) is 25.1 Å². The number of ether oxygens (including phenoxy) is 1. The monoisotopic (exact) mass is 472 g/mol. The quantitative estimate of drug-likeness (QED) is 0.498. The number of phenols is 1. The van der Waals surface area contributed by atoms with Crippen LogP contribution in [-0.4, -0.2) is 29.6 Å². The average Bonchev–Trinajstić information content (AvgIpc) is 2.69. The van der Waals surface area contributed by atoms with Crippen molar-refractivity contribution < 1.29 is 24.2 Å². The summed E-state index contributed by atoms with van der Waals surface area (Å²) in [7, 11) is 0. The Morgan fingerprint density at radius 1 is 1.17 bits per heavy atom. The number of amides is 4. The van der Waals surface area contributed by atoms with Gasteiger partial charge in [-0.3, -0.25) is 14.9 Å². The van der Waals surface area contributed by atoms with Crippen LogP contribution in [0.25, 0.3) is 6.08 Å². The Morgan fingerprint density at radius 3 is 2.43 bits per heavy atom. The van der Waals surface area contributed by atoms with E-state index >= 15 is 0 Å². The molecular weight excluding hydrogens is 452 g/mol. The summed E-state index contributed by atoms with van der Waals surface area (Å²) in [6.07, 6.45) is 1.35. The van der Waals surface area contributed by atoms with Crippen molar-refractivity contribution in [2.75, 3.05) is 11.5 Å². The summed E-state index contributed by atoms with van der Waals surface area (Å²) in [5.41, 5.74) is 1.67. The Morgan fingerprint density at radius 2 is 1.83 bits per heavy atom. The van der Waals surface area contributed by atoms with Crippen LogP contribution >= 0.6 is 15.9 Å². The molecule has 0 aliphatic carbocycles. The highest BCUT2D eigenvalue weighted by atomic mass is 79.9. The van der Waals surface area contributed by atoms with Gasteiger partial charge in [0.05, 0.1) is 16.8 Å². The summed E-state index contributed by atoms with van der Waals surface area (Å²) >= 11 is 3.23. The van der Waals surface area contributed by atoms with Crippen LogP contribution in [0.15, 0.2) is 46.4 Å². The first-order valence-corrected chi connectivity index (χ1v) is 10.2. The molecule has 0 atom stereocenters. The summed E-state index contributed by atoms with van der Waals surface area (Å²) in [5, 5.41) is 12.3. The molecule has 0 bridgehead atoms. The summed E-state index contributed by atoms with van der Waals surface area (Å²) in [5.74, 6) is -1.10. The van der Waals surface area contributed by atoms with Crippen LogP contribution in [0, 0.1) is 0 Å². The summed E-state index contributed by atoms with van der Waals surface area (Å²) in [6, 6.07) is 9.27. The van der Waals surface area contributed by atoms with Crippen LogP contribution in [0.3, 0.4) is 0 Å². The number of carbonyl (C=O) groups excluding carboxylic acids is 3. The molecule has 1 aliphatic rings. The third-order valence-corrected chi connectivity index (χ3v) is 5.19. The normalized spacial score (nSPS) is 15.7.